The first-order valence-electron chi connectivity index (χ1n) is 10.3. The Hall–Kier alpha value is -2.37. The first-order chi connectivity index (χ1) is 13.7. The first kappa shape index (κ1) is 17.7. The van der Waals surface area contributed by atoms with Gasteiger partial charge in [0, 0.05) is 47.7 Å². The van der Waals surface area contributed by atoms with Gasteiger partial charge in [-0.3, -0.25) is 4.98 Å². The minimum Gasteiger partial charge on any atom is -0.389 e. The second-order valence-electron chi connectivity index (χ2n) is 8.37. The fraction of sp³-hybridized carbons (Fsp3) is 0.435. The van der Waals surface area contributed by atoms with Gasteiger partial charge in [-0.1, -0.05) is 0 Å². The highest BCUT2D eigenvalue weighted by Gasteiger charge is 2.37. The smallest absolute Gasteiger partial charge is 0.159 e. The third-order valence-corrected chi connectivity index (χ3v) is 6.39. The van der Waals surface area contributed by atoms with E-state index in [1.807, 2.05) is 18.3 Å². The van der Waals surface area contributed by atoms with Gasteiger partial charge < -0.3 is 10.0 Å². The Kier molecular flexibility index (Phi) is 4.57. The van der Waals surface area contributed by atoms with Crippen molar-refractivity contribution in [3.63, 3.8) is 0 Å². The van der Waals surface area contributed by atoms with E-state index in [0.29, 0.717) is 5.92 Å². The Bertz CT molecular complexity index is 963. The van der Waals surface area contributed by atoms with E-state index in [0.717, 1.165) is 73.2 Å². The van der Waals surface area contributed by atoms with Crippen molar-refractivity contribution < 1.29 is 5.11 Å². The maximum Gasteiger partial charge on any atom is 0.159 e. The molecule has 0 aromatic carbocycles. The van der Waals surface area contributed by atoms with Crippen molar-refractivity contribution in [1.82, 2.24) is 19.9 Å². The van der Waals surface area contributed by atoms with Crippen molar-refractivity contribution >= 4 is 11.0 Å². The summed E-state index contributed by atoms with van der Waals surface area (Å²) in [6.45, 7) is 2.92. The minimum absolute atomic E-state index is 0.412. The summed E-state index contributed by atoms with van der Waals surface area (Å²) in [5.74, 6) is 0.485. The molecule has 0 radical (unpaired) electrons. The third-order valence-electron chi connectivity index (χ3n) is 6.39. The number of fused-ring (bicyclic) bond motifs is 1. The summed E-state index contributed by atoms with van der Waals surface area (Å²) in [7, 11) is 0. The molecule has 0 atom stereocenters. The van der Waals surface area contributed by atoms with E-state index >= 15 is 0 Å². The molecule has 1 aliphatic carbocycles. The van der Waals surface area contributed by atoms with Crippen molar-refractivity contribution in [3.05, 3.63) is 54.6 Å². The number of aliphatic hydroxyl groups is 1. The van der Waals surface area contributed by atoms with E-state index < -0.39 is 5.60 Å². The molecule has 1 saturated heterocycles. The van der Waals surface area contributed by atoms with Crippen LogP contribution in [0.3, 0.4) is 0 Å². The maximum atomic E-state index is 10.4. The van der Waals surface area contributed by atoms with Crippen LogP contribution in [0.25, 0.3) is 22.2 Å². The zero-order valence-corrected chi connectivity index (χ0v) is 16.1. The zero-order valence-electron chi connectivity index (χ0n) is 16.1. The van der Waals surface area contributed by atoms with E-state index in [2.05, 4.69) is 33.1 Å². The number of β-amino-alcohol motifs (C(OH)–C–C–N with tert-alkyl or cyclic N) is 1. The van der Waals surface area contributed by atoms with Crippen LogP contribution in [0.4, 0.5) is 0 Å². The van der Waals surface area contributed by atoms with Crippen LogP contribution >= 0.6 is 0 Å². The van der Waals surface area contributed by atoms with Crippen LogP contribution in [0, 0.1) is 0 Å². The molecule has 2 aliphatic rings. The molecule has 28 heavy (non-hydrogen) atoms. The highest BCUT2D eigenvalue weighted by molar-refractivity contribution is 5.80. The second kappa shape index (κ2) is 7.22. The average molecular weight is 374 g/mol. The summed E-state index contributed by atoms with van der Waals surface area (Å²) in [6, 6.07) is 10.5. The Morgan fingerprint density at radius 2 is 1.82 bits per heavy atom. The second-order valence-corrected chi connectivity index (χ2v) is 8.37. The molecule has 1 N–H and O–H groups in total. The standard InChI is InChI=1S/C23H26N4O/c28-23(8-1-9-23)16-27-12-6-18(7-13-27)21-3-2-19-14-20(15-25-22(19)26-21)17-4-10-24-11-5-17/h2-5,10-11,14-15,18,28H,1,6-9,12-13,16H2. The zero-order chi connectivity index (χ0) is 19.0. The van der Waals surface area contributed by atoms with Gasteiger partial charge >= 0.3 is 0 Å². The van der Waals surface area contributed by atoms with Crippen LogP contribution in [-0.2, 0) is 0 Å². The summed E-state index contributed by atoms with van der Waals surface area (Å²) in [5, 5.41) is 11.5. The van der Waals surface area contributed by atoms with Gasteiger partial charge in [0.25, 0.3) is 0 Å². The van der Waals surface area contributed by atoms with Gasteiger partial charge in [-0.2, -0.15) is 0 Å². The molecule has 5 nitrogen and oxygen atoms in total. The summed E-state index contributed by atoms with van der Waals surface area (Å²) in [6.07, 6.45) is 10.8. The summed E-state index contributed by atoms with van der Waals surface area (Å²) < 4.78 is 0. The van der Waals surface area contributed by atoms with Crippen molar-refractivity contribution in [2.75, 3.05) is 19.6 Å². The first-order valence-corrected chi connectivity index (χ1v) is 10.3. The lowest BCUT2D eigenvalue weighted by Crippen LogP contribution is -2.49. The number of rotatable bonds is 4. The molecule has 0 spiro atoms. The van der Waals surface area contributed by atoms with Crippen LogP contribution in [0.15, 0.2) is 48.9 Å². The SMILES string of the molecule is OC1(CN2CCC(c3ccc4cc(-c5ccncc5)cnc4n3)CC2)CCC1. The molecular formula is C23H26N4O. The highest BCUT2D eigenvalue weighted by atomic mass is 16.3. The van der Waals surface area contributed by atoms with E-state index in [9.17, 15) is 5.11 Å². The lowest BCUT2D eigenvalue weighted by atomic mass is 9.79. The number of likely N-dealkylation sites (tertiary alicyclic amines) is 1. The van der Waals surface area contributed by atoms with Gasteiger partial charge in [0.15, 0.2) is 5.65 Å². The number of piperidine rings is 1. The molecule has 3 aromatic heterocycles. The molecule has 2 fully saturated rings. The predicted molar refractivity (Wildman–Crippen MR) is 110 cm³/mol. The maximum absolute atomic E-state index is 10.4. The monoisotopic (exact) mass is 374 g/mol. The van der Waals surface area contributed by atoms with Gasteiger partial charge in [0.2, 0.25) is 0 Å². The van der Waals surface area contributed by atoms with Crippen LogP contribution in [0.5, 0.6) is 0 Å². The quantitative estimate of drug-likeness (QED) is 0.753. The third kappa shape index (κ3) is 3.52. The molecule has 0 amide bonds. The van der Waals surface area contributed by atoms with Gasteiger partial charge in [-0.25, -0.2) is 9.97 Å². The molecule has 5 rings (SSSR count). The summed E-state index contributed by atoms with van der Waals surface area (Å²) in [4.78, 5) is 16.0. The van der Waals surface area contributed by atoms with Gasteiger partial charge in [-0.05, 0) is 81.1 Å². The molecule has 5 heteroatoms. The van der Waals surface area contributed by atoms with E-state index in [4.69, 9.17) is 4.98 Å². The molecule has 1 saturated carbocycles. The summed E-state index contributed by atoms with van der Waals surface area (Å²) >= 11 is 0. The number of aromatic nitrogens is 3. The molecule has 4 heterocycles. The van der Waals surface area contributed by atoms with Crippen LogP contribution in [-0.4, -0.2) is 50.2 Å². The van der Waals surface area contributed by atoms with E-state index in [1.165, 1.54) is 6.42 Å². The lowest BCUT2D eigenvalue weighted by molar-refractivity contribution is -0.0622. The number of hydrogen-bond donors (Lipinski definition) is 1. The van der Waals surface area contributed by atoms with Crippen LogP contribution in [0.1, 0.15) is 43.7 Å². The van der Waals surface area contributed by atoms with Crippen molar-refractivity contribution in [2.45, 2.75) is 43.6 Å². The topological polar surface area (TPSA) is 62.1 Å². The Morgan fingerprint density at radius 1 is 1.04 bits per heavy atom. The molecule has 0 bridgehead atoms. The molecule has 3 aromatic rings. The fourth-order valence-electron chi connectivity index (χ4n) is 4.50. The van der Waals surface area contributed by atoms with Crippen molar-refractivity contribution in [1.29, 1.82) is 0 Å². The van der Waals surface area contributed by atoms with Gasteiger partial charge in [0.05, 0.1) is 5.60 Å². The lowest BCUT2D eigenvalue weighted by Gasteiger charge is -2.42. The average Bonchev–Trinajstić information content (AvgIpc) is 2.73. The highest BCUT2D eigenvalue weighted by Crippen LogP contribution is 2.35. The van der Waals surface area contributed by atoms with E-state index in [-0.39, 0.29) is 0 Å². The van der Waals surface area contributed by atoms with Gasteiger partial charge in [0.1, 0.15) is 0 Å². The van der Waals surface area contributed by atoms with Crippen LogP contribution in [0.2, 0.25) is 0 Å². The Labute approximate surface area is 165 Å². The van der Waals surface area contributed by atoms with Crippen LogP contribution < -0.4 is 0 Å². The van der Waals surface area contributed by atoms with E-state index in [1.54, 1.807) is 12.4 Å². The Balaban J connectivity index is 1.29. The molecular weight excluding hydrogens is 348 g/mol. The Morgan fingerprint density at radius 3 is 2.54 bits per heavy atom. The van der Waals surface area contributed by atoms with Crippen molar-refractivity contribution in [2.24, 2.45) is 0 Å². The largest absolute Gasteiger partial charge is 0.389 e. The molecule has 1 aliphatic heterocycles. The fourth-order valence-corrected chi connectivity index (χ4v) is 4.50. The van der Waals surface area contributed by atoms with Gasteiger partial charge in [-0.15, -0.1) is 0 Å². The number of hydrogen-bond acceptors (Lipinski definition) is 5. The normalized spacial score (nSPS) is 20.2. The minimum atomic E-state index is -0.412. The number of pyridine rings is 3. The molecule has 0 unspecified atom stereocenters. The number of nitrogens with zero attached hydrogens (tertiary/aromatic N) is 4. The van der Waals surface area contributed by atoms with Crippen molar-refractivity contribution in [3.8, 4) is 11.1 Å². The molecule has 144 valence electrons. The summed E-state index contributed by atoms with van der Waals surface area (Å²) in [5.41, 5.74) is 3.77. The predicted octanol–water partition coefficient (Wildman–Crippen LogP) is 3.79.